The first kappa shape index (κ1) is 17.3. The molecule has 3 N–H and O–H groups in total. The molecule has 0 saturated carbocycles. The van der Waals surface area contributed by atoms with Crippen LogP contribution in [-0.2, 0) is 16.0 Å². The molecular weight excluding hydrogens is 316 g/mol. The summed E-state index contributed by atoms with van der Waals surface area (Å²) in [6.45, 7) is 1.41. The maximum Gasteiger partial charge on any atom is 0.224 e. The quantitative estimate of drug-likeness (QED) is 0.758. The lowest BCUT2D eigenvalue weighted by Gasteiger charge is -2.12. The van der Waals surface area contributed by atoms with Crippen molar-refractivity contribution < 1.29 is 14.3 Å². The van der Waals surface area contributed by atoms with Gasteiger partial charge >= 0.3 is 0 Å². The van der Waals surface area contributed by atoms with Crippen molar-refractivity contribution in [3.63, 3.8) is 0 Å². The lowest BCUT2D eigenvalue weighted by molar-refractivity contribution is -0.116. The number of nitrogen functional groups attached to an aromatic ring is 1. The Bertz CT molecular complexity index is 677. The van der Waals surface area contributed by atoms with Crippen LogP contribution in [0.1, 0.15) is 24.8 Å². The highest BCUT2D eigenvalue weighted by Gasteiger charge is 2.15. The van der Waals surface area contributed by atoms with E-state index >= 15 is 0 Å². The molecule has 1 unspecified atom stereocenters. The van der Waals surface area contributed by atoms with E-state index in [1.54, 1.807) is 0 Å². The number of benzene rings is 2. The first-order valence-corrected chi connectivity index (χ1v) is 8.68. The standard InChI is InChI=1S/C20H24N2O3/c21-16-6-3-15(4-7-16)5-12-20(23)22-17-8-10-18(11-9-17)25-14-19-2-1-13-24-19/h3-4,6-11,19H,1-2,5,12-14,21H2,(H,22,23). The summed E-state index contributed by atoms with van der Waals surface area (Å²) in [4.78, 5) is 12.1. The number of aryl methyl sites for hydroxylation is 1. The van der Waals surface area contributed by atoms with Gasteiger partial charge in [-0.1, -0.05) is 12.1 Å². The second-order valence-corrected chi connectivity index (χ2v) is 6.26. The Hall–Kier alpha value is -2.53. The summed E-state index contributed by atoms with van der Waals surface area (Å²) in [5, 5.41) is 2.90. The van der Waals surface area contributed by atoms with E-state index in [1.165, 1.54) is 0 Å². The molecule has 0 aromatic heterocycles. The molecule has 2 aromatic rings. The third-order valence-electron chi connectivity index (χ3n) is 4.22. The van der Waals surface area contributed by atoms with Gasteiger partial charge in [0, 0.05) is 24.4 Å². The molecule has 0 bridgehead atoms. The Kier molecular flexibility index (Phi) is 5.90. The van der Waals surface area contributed by atoms with Crippen LogP contribution in [-0.4, -0.2) is 25.2 Å². The minimum atomic E-state index is -0.00940. The average Bonchev–Trinajstić information content (AvgIpc) is 3.14. The van der Waals surface area contributed by atoms with E-state index in [-0.39, 0.29) is 12.0 Å². The molecule has 1 saturated heterocycles. The van der Waals surface area contributed by atoms with Crippen molar-refractivity contribution in [2.75, 3.05) is 24.3 Å². The van der Waals surface area contributed by atoms with Crippen LogP contribution in [0.2, 0.25) is 0 Å². The van der Waals surface area contributed by atoms with Crippen molar-refractivity contribution in [3.05, 3.63) is 54.1 Å². The maximum atomic E-state index is 12.1. The zero-order chi connectivity index (χ0) is 17.5. The van der Waals surface area contributed by atoms with Gasteiger partial charge < -0.3 is 20.5 Å². The third kappa shape index (κ3) is 5.50. The summed E-state index contributed by atoms with van der Waals surface area (Å²) < 4.78 is 11.2. The molecule has 1 amide bonds. The zero-order valence-corrected chi connectivity index (χ0v) is 14.2. The van der Waals surface area contributed by atoms with Gasteiger partial charge in [-0.15, -0.1) is 0 Å². The van der Waals surface area contributed by atoms with Crippen LogP contribution in [0.5, 0.6) is 5.75 Å². The number of amides is 1. The molecule has 1 aliphatic rings. The summed E-state index contributed by atoms with van der Waals surface area (Å²) in [5.74, 6) is 0.778. The third-order valence-corrected chi connectivity index (χ3v) is 4.22. The van der Waals surface area contributed by atoms with E-state index in [0.29, 0.717) is 19.4 Å². The summed E-state index contributed by atoms with van der Waals surface area (Å²) in [5.41, 5.74) is 8.26. The minimum Gasteiger partial charge on any atom is -0.491 e. The smallest absolute Gasteiger partial charge is 0.224 e. The lowest BCUT2D eigenvalue weighted by atomic mass is 10.1. The predicted molar refractivity (Wildman–Crippen MR) is 98.7 cm³/mol. The fraction of sp³-hybridized carbons (Fsp3) is 0.350. The van der Waals surface area contributed by atoms with E-state index in [2.05, 4.69) is 5.32 Å². The first-order chi connectivity index (χ1) is 12.2. The van der Waals surface area contributed by atoms with Crippen molar-refractivity contribution in [1.82, 2.24) is 0 Å². The monoisotopic (exact) mass is 340 g/mol. The number of rotatable bonds is 7. The average molecular weight is 340 g/mol. The van der Waals surface area contributed by atoms with Gasteiger partial charge in [0.1, 0.15) is 12.4 Å². The van der Waals surface area contributed by atoms with E-state index in [0.717, 1.165) is 42.1 Å². The summed E-state index contributed by atoms with van der Waals surface area (Å²) in [7, 11) is 0. The molecule has 25 heavy (non-hydrogen) atoms. The van der Waals surface area contributed by atoms with Crippen LogP contribution in [0.25, 0.3) is 0 Å². The summed E-state index contributed by atoms with van der Waals surface area (Å²) in [6.07, 6.45) is 3.49. The van der Waals surface area contributed by atoms with E-state index in [1.807, 2.05) is 48.5 Å². The number of nitrogens with one attached hydrogen (secondary N) is 1. The molecule has 2 aromatic carbocycles. The summed E-state index contributed by atoms with van der Waals surface area (Å²) in [6, 6.07) is 15.0. The first-order valence-electron chi connectivity index (χ1n) is 8.68. The van der Waals surface area contributed by atoms with Crippen molar-refractivity contribution in [2.24, 2.45) is 0 Å². The maximum absolute atomic E-state index is 12.1. The normalized spacial score (nSPS) is 16.6. The molecule has 1 fully saturated rings. The Labute approximate surface area is 148 Å². The Morgan fingerprint density at radius 1 is 1.16 bits per heavy atom. The number of hydrogen-bond donors (Lipinski definition) is 2. The predicted octanol–water partition coefficient (Wildman–Crippen LogP) is 3.40. The SMILES string of the molecule is Nc1ccc(CCC(=O)Nc2ccc(OCC3CCCO3)cc2)cc1. The molecule has 1 heterocycles. The van der Waals surface area contributed by atoms with Gasteiger partial charge in [-0.2, -0.15) is 0 Å². The van der Waals surface area contributed by atoms with E-state index in [4.69, 9.17) is 15.2 Å². The number of hydrogen-bond acceptors (Lipinski definition) is 4. The van der Waals surface area contributed by atoms with Gasteiger partial charge in [-0.05, 0) is 61.2 Å². The van der Waals surface area contributed by atoms with Crippen LogP contribution >= 0.6 is 0 Å². The van der Waals surface area contributed by atoms with E-state index in [9.17, 15) is 4.79 Å². The van der Waals surface area contributed by atoms with Gasteiger partial charge in [-0.25, -0.2) is 0 Å². The Balaban J connectivity index is 1.42. The van der Waals surface area contributed by atoms with Gasteiger partial charge in [0.2, 0.25) is 5.91 Å². The fourth-order valence-electron chi connectivity index (χ4n) is 2.77. The number of ether oxygens (including phenoxy) is 2. The highest BCUT2D eigenvalue weighted by molar-refractivity contribution is 5.90. The largest absolute Gasteiger partial charge is 0.491 e. The highest BCUT2D eigenvalue weighted by Crippen LogP contribution is 2.19. The van der Waals surface area contributed by atoms with Crippen LogP contribution in [0, 0.1) is 0 Å². The Morgan fingerprint density at radius 2 is 1.92 bits per heavy atom. The highest BCUT2D eigenvalue weighted by atomic mass is 16.5. The molecule has 0 radical (unpaired) electrons. The van der Waals surface area contributed by atoms with Crippen LogP contribution in [0.3, 0.4) is 0 Å². The summed E-state index contributed by atoms with van der Waals surface area (Å²) >= 11 is 0. The van der Waals surface area contributed by atoms with Crippen molar-refractivity contribution in [3.8, 4) is 5.75 Å². The van der Waals surface area contributed by atoms with Gasteiger partial charge in [0.15, 0.2) is 0 Å². The van der Waals surface area contributed by atoms with E-state index < -0.39 is 0 Å². The second-order valence-electron chi connectivity index (χ2n) is 6.26. The molecule has 3 rings (SSSR count). The zero-order valence-electron chi connectivity index (χ0n) is 14.2. The van der Waals surface area contributed by atoms with Crippen molar-refractivity contribution >= 4 is 17.3 Å². The number of anilines is 2. The van der Waals surface area contributed by atoms with Gasteiger partial charge in [-0.3, -0.25) is 4.79 Å². The fourth-order valence-corrected chi connectivity index (χ4v) is 2.77. The van der Waals surface area contributed by atoms with Crippen LogP contribution in [0.15, 0.2) is 48.5 Å². The second kappa shape index (κ2) is 8.53. The van der Waals surface area contributed by atoms with Gasteiger partial charge in [0.05, 0.1) is 6.10 Å². The molecule has 5 nitrogen and oxygen atoms in total. The molecular formula is C20H24N2O3. The van der Waals surface area contributed by atoms with Crippen molar-refractivity contribution in [2.45, 2.75) is 31.8 Å². The molecule has 1 aliphatic heterocycles. The van der Waals surface area contributed by atoms with Gasteiger partial charge in [0.25, 0.3) is 0 Å². The minimum absolute atomic E-state index is 0.00940. The molecule has 5 heteroatoms. The molecule has 0 aliphatic carbocycles. The van der Waals surface area contributed by atoms with Crippen LogP contribution < -0.4 is 15.8 Å². The number of nitrogens with two attached hydrogens (primary N) is 1. The number of carbonyl (C=O) groups excluding carboxylic acids is 1. The number of carbonyl (C=O) groups is 1. The van der Waals surface area contributed by atoms with Crippen LogP contribution in [0.4, 0.5) is 11.4 Å². The molecule has 0 spiro atoms. The molecule has 1 atom stereocenters. The molecule has 132 valence electrons. The topological polar surface area (TPSA) is 73.6 Å². The lowest BCUT2D eigenvalue weighted by Crippen LogP contribution is -2.16. The Morgan fingerprint density at radius 3 is 2.60 bits per heavy atom. The van der Waals surface area contributed by atoms with Crippen molar-refractivity contribution in [1.29, 1.82) is 0 Å².